The first-order valence-electron chi connectivity index (χ1n) is 11.1. The van der Waals surface area contributed by atoms with Gasteiger partial charge in [0.05, 0.1) is 0 Å². The van der Waals surface area contributed by atoms with E-state index in [4.69, 9.17) is 4.65 Å². The topological polar surface area (TPSA) is 31.9 Å². The van der Waals surface area contributed by atoms with E-state index in [0.717, 1.165) is 25.4 Å². The zero-order valence-corrected chi connectivity index (χ0v) is 23.3. The third-order valence-corrected chi connectivity index (χ3v) is 10.3. The van der Waals surface area contributed by atoms with Gasteiger partial charge < -0.3 is 13.7 Å². The van der Waals surface area contributed by atoms with Gasteiger partial charge in [0.1, 0.15) is 0 Å². The zero-order chi connectivity index (χ0) is 23.1. The van der Waals surface area contributed by atoms with Crippen molar-refractivity contribution in [2.45, 2.75) is 0 Å². The second-order valence-corrected chi connectivity index (χ2v) is 12.1. The fraction of sp³-hybridized carbons (Fsp3) is 0.138. The van der Waals surface area contributed by atoms with E-state index in [0.29, 0.717) is 0 Å². The molecule has 0 amide bonds. The average molecular weight is 582 g/mol. The van der Waals surface area contributed by atoms with Gasteiger partial charge in [0.2, 0.25) is 0 Å². The molecule has 0 aliphatic carbocycles. The van der Waals surface area contributed by atoms with Crippen LogP contribution in [-0.4, -0.2) is 33.8 Å². The molecule has 0 atom stereocenters. The van der Waals surface area contributed by atoms with Gasteiger partial charge in [-0.1, -0.05) is 121 Å². The molecule has 0 bridgehead atoms. The maximum atomic E-state index is 7.50. The van der Waals surface area contributed by atoms with Crippen LogP contribution in [0.5, 0.6) is 0 Å². The van der Waals surface area contributed by atoms with Gasteiger partial charge in [0.15, 0.2) is 0 Å². The van der Waals surface area contributed by atoms with Gasteiger partial charge >= 0.3 is 30.8 Å². The van der Waals surface area contributed by atoms with E-state index in [1.54, 1.807) is 0 Å². The maximum Gasteiger partial charge on any atom is -0.000332 e. The second kappa shape index (κ2) is 18.4. The smallest absolute Gasteiger partial charge is 0.000332 e. The minimum Gasteiger partial charge on any atom is -0.316 e. The third kappa shape index (κ3) is 9.95. The summed E-state index contributed by atoms with van der Waals surface area (Å²) in [5.74, 6) is 0. The van der Waals surface area contributed by atoms with Crippen molar-refractivity contribution in [1.82, 2.24) is 5.32 Å². The summed E-state index contributed by atoms with van der Waals surface area (Å²) in [6.07, 6.45) is 2.33. The number of hydrogen-bond donors (Lipinski definition) is 1. The van der Waals surface area contributed by atoms with Crippen molar-refractivity contribution in [3.8, 4) is 0 Å². The predicted octanol–water partition coefficient (Wildman–Crippen LogP) is 4.15. The Morgan fingerprint density at radius 1 is 0.486 bits per heavy atom. The molecule has 35 heavy (non-hydrogen) atoms. The quantitative estimate of drug-likeness (QED) is 0.0985. The van der Waals surface area contributed by atoms with Gasteiger partial charge in [-0.15, -0.1) is 0 Å². The molecule has 0 unspecified atom stereocenters. The van der Waals surface area contributed by atoms with Crippen LogP contribution in [0.3, 0.4) is 0 Å². The van der Waals surface area contributed by atoms with E-state index in [9.17, 15) is 0 Å². The summed E-state index contributed by atoms with van der Waals surface area (Å²) in [6, 6.07) is 44.0. The van der Waals surface area contributed by atoms with Gasteiger partial charge in [0.25, 0.3) is 0 Å². The van der Waals surface area contributed by atoms with Crippen molar-refractivity contribution in [3.05, 3.63) is 128 Å². The largest absolute Gasteiger partial charge is 0.316 e. The SMILES string of the molecule is [B-].[C-]#[O+].[RuH+].c1ccc(P(CCNCCP(c2ccccc2)c2ccccc2)c2ccccc2)cc1. The summed E-state index contributed by atoms with van der Waals surface area (Å²) < 4.78 is 7.50. The molecule has 0 aliphatic rings. The maximum absolute atomic E-state index is 7.50. The van der Waals surface area contributed by atoms with Gasteiger partial charge in [-0.3, -0.25) is 0 Å². The molecule has 0 aliphatic heterocycles. The Morgan fingerprint density at radius 3 is 0.943 bits per heavy atom. The van der Waals surface area contributed by atoms with Crippen molar-refractivity contribution < 1.29 is 24.1 Å². The molecule has 0 saturated heterocycles. The normalized spacial score (nSPS) is 9.94. The molecular formula is C29H30BNOP2Ru. The number of nitrogens with one attached hydrogen (secondary N) is 1. The Morgan fingerprint density at radius 2 is 0.714 bits per heavy atom. The van der Waals surface area contributed by atoms with Crippen LogP contribution in [0.1, 0.15) is 0 Å². The molecular weight excluding hydrogens is 552 g/mol. The van der Waals surface area contributed by atoms with Gasteiger partial charge in [-0.05, 0) is 62.5 Å². The Kier molecular flexibility index (Phi) is 16.4. The molecule has 0 fully saturated rings. The van der Waals surface area contributed by atoms with Crippen molar-refractivity contribution in [1.29, 1.82) is 0 Å². The summed E-state index contributed by atoms with van der Waals surface area (Å²) in [5.41, 5.74) is 0. The van der Waals surface area contributed by atoms with E-state index in [-0.39, 0.29) is 43.7 Å². The van der Waals surface area contributed by atoms with Crippen LogP contribution in [0, 0.1) is 6.65 Å². The first-order valence-corrected chi connectivity index (χ1v) is 14.1. The summed E-state index contributed by atoms with van der Waals surface area (Å²) in [4.78, 5) is 0. The Bertz CT molecular complexity index is 906. The van der Waals surface area contributed by atoms with Crippen LogP contribution in [-0.2, 0) is 24.1 Å². The Hall–Kier alpha value is -1.87. The molecule has 178 valence electrons. The molecule has 0 spiro atoms. The van der Waals surface area contributed by atoms with Crippen LogP contribution in [0.2, 0.25) is 0 Å². The fourth-order valence-electron chi connectivity index (χ4n) is 3.75. The molecule has 4 aromatic carbocycles. The van der Waals surface area contributed by atoms with E-state index in [1.807, 2.05) is 0 Å². The van der Waals surface area contributed by atoms with Crippen LogP contribution < -0.4 is 26.5 Å². The van der Waals surface area contributed by atoms with E-state index in [1.165, 1.54) is 21.2 Å². The Balaban J connectivity index is 0.00000149. The average Bonchev–Trinajstić information content (AvgIpc) is 2.91. The van der Waals surface area contributed by atoms with Crippen molar-refractivity contribution in [2.24, 2.45) is 0 Å². The molecule has 0 saturated carbocycles. The van der Waals surface area contributed by atoms with Gasteiger partial charge in [-0.25, -0.2) is 0 Å². The molecule has 4 aromatic rings. The fourth-order valence-corrected chi connectivity index (χ4v) is 8.27. The number of benzene rings is 4. The summed E-state index contributed by atoms with van der Waals surface area (Å²) in [5, 5.41) is 9.60. The summed E-state index contributed by atoms with van der Waals surface area (Å²) in [7, 11) is -0.655. The third-order valence-electron chi connectivity index (χ3n) is 5.30. The first kappa shape index (κ1) is 31.2. The van der Waals surface area contributed by atoms with Crippen molar-refractivity contribution in [2.75, 3.05) is 25.4 Å². The van der Waals surface area contributed by atoms with Crippen LogP contribution in [0.25, 0.3) is 0 Å². The summed E-state index contributed by atoms with van der Waals surface area (Å²) in [6.45, 7) is 6.59. The first-order chi connectivity index (χ1) is 16.4. The molecule has 6 heteroatoms. The number of rotatable bonds is 10. The molecule has 5 radical (unpaired) electrons. The molecule has 0 heterocycles. The predicted molar refractivity (Wildman–Crippen MR) is 152 cm³/mol. The van der Waals surface area contributed by atoms with E-state index < -0.39 is 0 Å². The standard InChI is InChI=1S/C28H29NP2.CO.B.Ru.H/c1-5-13-25(14-6-1)30(26-15-7-2-8-16-26)23-21-29-22-24-31(27-17-9-3-10-18-27)28-19-11-4-12-20-28;1-2;;;/h1-20,29H,21-24H2;;;;/q;;-1;+1;. The monoisotopic (exact) mass is 583 g/mol. The van der Waals surface area contributed by atoms with E-state index in [2.05, 4.69) is 133 Å². The molecule has 1 N–H and O–H groups in total. The minimum absolute atomic E-state index is 0. The zero-order valence-electron chi connectivity index (χ0n) is 19.6. The van der Waals surface area contributed by atoms with Gasteiger partial charge in [0, 0.05) is 0 Å². The van der Waals surface area contributed by atoms with Gasteiger partial charge in [-0.2, -0.15) is 0 Å². The minimum atomic E-state index is -0.328. The Labute approximate surface area is 227 Å². The molecule has 0 aromatic heterocycles. The van der Waals surface area contributed by atoms with Crippen LogP contribution in [0.15, 0.2) is 121 Å². The van der Waals surface area contributed by atoms with E-state index >= 15 is 0 Å². The second-order valence-electron chi connectivity index (χ2n) is 7.40. The van der Waals surface area contributed by atoms with Crippen molar-refractivity contribution in [3.63, 3.8) is 0 Å². The molecule has 4 rings (SSSR count). The van der Waals surface area contributed by atoms with Crippen LogP contribution in [0.4, 0.5) is 0 Å². The number of hydrogen-bond acceptors (Lipinski definition) is 1. The van der Waals surface area contributed by atoms with Crippen molar-refractivity contribution >= 4 is 45.5 Å². The molecule has 2 nitrogen and oxygen atoms in total. The summed E-state index contributed by atoms with van der Waals surface area (Å²) >= 11 is 0. The van der Waals surface area contributed by atoms with Crippen LogP contribution >= 0.6 is 15.8 Å².